The van der Waals surface area contributed by atoms with E-state index in [0.29, 0.717) is 5.70 Å². The lowest BCUT2D eigenvalue weighted by Crippen LogP contribution is -2.20. The normalized spacial score (nSPS) is 11.1. The maximum Gasteiger partial charge on any atom is 0.258 e. The summed E-state index contributed by atoms with van der Waals surface area (Å²) in [7, 11) is 0. The second kappa shape index (κ2) is 5.62. The van der Waals surface area contributed by atoms with Gasteiger partial charge in [-0.3, -0.25) is 9.36 Å². The van der Waals surface area contributed by atoms with Crippen molar-refractivity contribution in [3.05, 3.63) is 54.8 Å². The highest BCUT2D eigenvalue weighted by Crippen LogP contribution is 2.03. The summed E-state index contributed by atoms with van der Waals surface area (Å²) in [4.78, 5) is 11.7. The number of benzene rings is 1. The van der Waals surface area contributed by atoms with Crippen LogP contribution in [0.2, 0.25) is 0 Å². The summed E-state index contributed by atoms with van der Waals surface area (Å²) < 4.78 is 1.30. The predicted octanol–water partition coefficient (Wildman–Crippen LogP) is 1.44. The Labute approximate surface area is 104 Å². The summed E-state index contributed by atoms with van der Waals surface area (Å²) >= 11 is 0. The Kier molecular flexibility index (Phi) is 3.70. The Bertz CT molecular complexity index is 533. The van der Waals surface area contributed by atoms with Gasteiger partial charge in [0.25, 0.3) is 5.91 Å². The molecular formula is C12H13N5O. The summed E-state index contributed by atoms with van der Waals surface area (Å²) in [5.41, 5.74) is 7.52. The molecule has 2 aromatic rings. The van der Waals surface area contributed by atoms with Crippen LogP contribution in [0.4, 0.5) is 5.69 Å². The van der Waals surface area contributed by atoms with Gasteiger partial charge < -0.3 is 10.9 Å². The molecule has 0 saturated carbocycles. The summed E-state index contributed by atoms with van der Waals surface area (Å²) in [6.07, 6.45) is 4.17. The number of nitrogens with one attached hydrogen (secondary N) is 2. The van der Waals surface area contributed by atoms with Gasteiger partial charge in [0.15, 0.2) is 0 Å². The first-order valence-electron chi connectivity index (χ1n) is 5.40. The van der Waals surface area contributed by atoms with E-state index in [-0.39, 0.29) is 5.91 Å². The maximum absolute atomic E-state index is 11.7. The zero-order valence-corrected chi connectivity index (χ0v) is 9.87. The number of para-hydroxylation sites is 1. The number of aromatic nitrogens is 3. The van der Waals surface area contributed by atoms with Gasteiger partial charge in [-0.15, -0.1) is 10.2 Å². The van der Waals surface area contributed by atoms with E-state index in [1.54, 1.807) is 6.92 Å². The van der Waals surface area contributed by atoms with Gasteiger partial charge in [-0.25, -0.2) is 0 Å². The highest BCUT2D eigenvalue weighted by Gasteiger charge is 2.00. The molecule has 2 N–H and O–H groups in total. The van der Waals surface area contributed by atoms with Crippen molar-refractivity contribution >= 4 is 11.6 Å². The van der Waals surface area contributed by atoms with Crippen molar-refractivity contribution in [1.29, 1.82) is 0 Å². The van der Waals surface area contributed by atoms with Gasteiger partial charge in [-0.05, 0) is 19.1 Å². The van der Waals surface area contributed by atoms with Crippen molar-refractivity contribution in [3.63, 3.8) is 0 Å². The topological polar surface area (TPSA) is 71.8 Å². The molecule has 0 bridgehead atoms. The molecule has 18 heavy (non-hydrogen) atoms. The fourth-order valence-electron chi connectivity index (χ4n) is 1.30. The molecule has 1 aromatic heterocycles. The minimum atomic E-state index is -0.208. The van der Waals surface area contributed by atoms with E-state index in [4.69, 9.17) is 0 Å². The monoisotopic (exact) mass is 243 g/mol. The van der Waals surface area contributed by atoms with E-state index in [0.717, 1.165) is 5.69 Å². The van der Waals surface area contributed by atoms with E-state index >= 15 is 0 Å². The molecule has 0 fully saturated rings. The fraction of sp³-hybridized carbons (Fsp3) is 0.0833. The van der Waals surface area contributed by atoms with Crippen LogP contribution in [0.5, 0.6) is 0 Å². The summed E-state index contributed by atoms with van der Waals surface area (Å²) in [5.74, 6) is -0.208. The highest BCUT2D eigenvalue weighted by molar-refractivity contribution is 5.90. The Morgan fingerprint density at radius 3 is 2.56 bits per heavy atom. The first kappa shape index (κ1) is 11.8. The molecule has 0 aliphatic carbocycles. The number of nitrogens with zero attached hydrogens (tertiary/aromatic N) is 3. The molecule has 1 heterocycles. The van der Waals surface area contributed by atoms with Crippen molar-refractivity contribution in [3.8, 4) is 0 Å². The van der Waals surface area contributed by atoms with Crippen LogP contribution in [-0.2, 0) is 0 Å². The van der Waals surface area contributed by atoms with E-state index in [9.17, 15) is 4.79 Å². The molecular weight excluding hydrogens is 230 g/mol. The molecule has 0 amide bonds. The van der Waals surface area contributed by atoms with Crippen molar-refractivity contribution in [2.45, 2.75) is 6.92 Å². The molecule has 0 atom stereocenters. The van der Waals surface area contributed by atoms with Crippen molar-refractivity contribution in [1.82, 2.24) is 20.2 Å². The third kappa shape index (κ3) is 3.18. The minimum Gasteiger partial charge on any atom is -0.305 e. The summed E-state index contributed by atoms with van der Waals surface area (Å²) in [6.45, 7) is 1.79. The SMILES string of the molecule is C/C(=C\C(=O)n1cnnc1)NNc1ccccc1. The zero-order valence-electron chi connectivity index (χ0n) is 9.87. The van der Waals surface area contributed by atoms with Crippen LogP contribution in [0.25, 0.3) is 0 Å². The van der Waals surface area contributed by atoms with E-state index < -0.39 is 0 Å². The fourth-order valence-corrected chi connectivity index (χ4v) is 1.30. The maximum atomic E-state index is 11.7. The predicted molar refractivity (Wildman–Crippen MR) is 67.6 cm³/mol. The number of anilines is 1. The Balaban J connectivity index is 1.92. The molecule has 92 valence electrons. The minimum absolute atomic E-state index is 0.208. The van der Waals surface area contributed by atoms with Crippen molar-refractivity contribution in [2.24, 2.45) is 0 Å². The number of hydrogen-bond acceptors (Lipinski definition) is 5. The van der Waals surface area contributed by atoms with Gasteiger partial charge in [0.2, 0.25) is 0 Å². The van der Waals surface area contributed by atoms with E-state index in [1.807, 2.05) is 30.3 Å². The van der Waals surface area contributed by atoms with Crippen LogP contribution in [0.3, 0.4) is 0 Å². The molecule has 0 aliphatic heterocycles. The number of hydrazine groups is 1. The molecule has 2 rings (SSSR count). The largest absolute Gasteiger partial charge is 0.305 e. The van der Waals surface area contributed by atoms with Crippen LogP contribution in [0.1, 0.15) is 11.7 Å². The molecule has 0 saturated heterocycles. The highest BCUT2D eigenvalue weighted by atomic mass is 16.2. The second-order valence-electron chi connectivity index (χ2n) is 3.65. The molecule has 0 spiro atoms. The zero-order chi connectivity index (χ0) is 12.8. The molecule has 6 nitrogen and oxygen atoms in total. The average molecular weight is 243 g/mol. The molecule has 0 aliphatic rings. The lowest BCUT2D eigenvalue weighted by atomic mass is 10.3. The van der Waals surface area contributed by atoms with Crippen LogP contribution < -0.4 is 10.9 Å². The molecule has 6 heteroatoms. The Hall–Kier alpha value is -2.63. The number of rotatable bonds is 4. The van der Waals surface area contributed by atoms with Gasteiger partial charge in [-0.2, -0.15) is 0 Å². The van der Waals surface area contributed by atoms with Gasteiger partial charge in [0, 0.05) is 11.8 Å². The summed E-state index contributed by atoms with van der Waals surface area (Å²) in [5, 5.41) is 7.14. The van der Waals surface area contributed by atoms with Crippen molar-refractivity contribution in [2.75, 3.05) is 5.43 Å². The Morgan fingerprint density at radius 2 is 1.89 bits per heavy atom. The third-order valence-electron chi connectivity index (χ3n) is 2.19. The van der Waals surface area contributed by atoms with E-state index in [1.165, 1.54) is 23.3 Å². The van der Waals surface area contributed by atoms with Gasteiger partial charge in [0.1, 0.15) is 12.7 Å². The lowest BCUT2D eigenvalue weighted by molar-refractivity contribution is 0.0967. The second-order valence-corrected chi connectivity index (χ2v) is 3.65. The lowest BCUT2D eigenvalue weighted by Gasteiger charge is -2.09. The van der Waals surface area contributed by atoms with Crippen LogP contribution in [0.15, 0.2) is 54.8 Å². The first-order valence-corrected chi connectivity index (χ1v) is 5.40. The van der Waals surface area contributed by atoms with Crippen molar-refractivity contribution < 1.29 is 4.79 Å². The van der Waals surface area contributed by atoms with Gasteiger partial charge in [0.05, 0.1) is 5.69 Å². The molecule has 0 radical (unpaired) electrons. The van der Waals surface area contributed by atoms with Crippen LogP contribution in [-0.4, -0.2) is 20.7 Å². The third-order valence-corrected chi connectivity index (χ3v) is 2.19. The standard InChI is InChI=1S/C12H13N5O/c1-10(7-12(18)17-8-13-14-9-17)15-16-11-5-3-2-4-6-11/h2-9,15-16H,1H3/b10-7+. The molecule has 0 unspecified atom stereocenters. The van der Waals surface area contributed by atoms with Crippen LogP contribution >= 0.6 is 0 Å². The quantitative estimate of drug-likeness (QED) is 0.628. The first-order chi connectivity index (χ1) is 8.75. The Morgan fingerprint density at radius 1 is 1.22 bits per heavy atom. The smallest absolute Gasteiger partial charge is 0.258 e. The number of hydrogen-bond donors (Lipinski definition) is 2. The van der Waals surface area contributed by atoms with Crippen LogP contribution in [0, 0.1) is 0 Å². The number of carbonyl (C=O) groups excluding carboxylic acids is 1. The average Bonchev–Trinajstić information content (AvgIpc) is 2.91. The van der Waals surface area contributed by atoms with Gasteiger partial charge >= 0.3 is 0 Å². The van der Waals surface area contributed by atoms with E-state index in [2.05, 4.69) is 21.0 Å². The molecule has 1 aromatic carbocycles. The number of carbonyl (C=O) groups is 1. The number of allylic oxidation sites excluding steroid dienone is 2. The summed E-state index contributed by atoms with van der Waals surface area (Å²) in [6, 6.07) is 9.62. The van der Waals surface area contributed by atoms with Gasteiger partial charge in [-0.1, -0.05) is 18.2 Å².